The van der Waals surface area contributed by atoms with Gasteiger partial charge in [0.15, 0.2) is 0 Å². The van der Waals surface area contributed by atoms with Crippen molar-refractivity contribution in [2.45, 2.75) is 18.9 Å². The maximum atomic E-state index is 13.4. The van der Waals surface area contributed by atoms with Gasteiger partial charge in [-0.1, -0.05) is 42.5 Å². The number of rotatable bonds is 7. The van der Waals surface area contributed by atoms with Crippen LogP contribution < -0.4 is 14.8 Å². The van der Waals surface area contributed by atoms with Gasteiger partial charge in [0.25, 0.3) is 0 Å². The van der Waals surface area contributed by atoms with Gasteiger partial charge in [-0.15, -0.1) is 0 Å². The van der Waals surface area contributed by atoms with E-state index in [1.54, 1.807) is 14.2 Å². The van der Waals surface area contributed by atoms with Crippen LogP contribution in [0, 0.1) is 0 Å². The van der Waals surface area contributed by atoms with Crippen molar-refractivity contribution in [1.82, 2.24) is 9.88 Å². The van der Waals surface area contributed by atoms with Crippen LogP contribution in [0.4, 0.5) is 0 Å². The van der Waals surface area contributed by atoms with E-state index in [2.05, 4.69) is 28.1 Å². The summed E-state index contributed by atoms with van der Waals surface area (Å²) in [6.07, 6.45) is 2.03. The topological polar surface area (TPSA) is 52.5 Å². The van der Waals surface area contributed by atoms with Crippen molar-refractivity contribution < 1.29 is 14.3 Å². The number of fused-ring (bicyclic) bond motifs is 1. The molecular formula is C27H28N2O3. The van der Waals surface area contributed by atoms with Crippen molar-refractivity contribution in [1.29, 1.82) is 0 Å². The second kappa shape index (κ2) is 9.18. The number of hydrogen-bond donors (Lipinski definition) is 1. The van der Waals surface area contributed by atoms with Crippen LogP contribution in [0.3, 0.4) is 0 Å². The fourth-order valence-electron chi connectivity index (χ4n) is 4.12. The summed E-state index contributed by atoms with van der Waals surface area (Å²) < 4.78 is 13.3. The molecule has 5 heteroatoms. The minimum atomic E-state index is -0.419. The van der Waals surface area contributed by atoms with Gasteiger partial charge in [0, 0.05) is 29.9 Å². The largest absolute Gasteiger partial charge is 0.496 e. The normalized spacial score (nSPS) is 12.0. The predicted octanol–water partition coefficient (Wildman–Crippen LogP) is 5.20. The molecule has 0 aliphatic rings. The van der Waals surface area contributed by atoms with Gasteiger partial charge in [0.05, 0.1) is 26.2 Å². The Labute approximate surface area is 188 Å². The monoisotopic (exact) mass is 428 g/mol. The molecule has 32 heavy (non-hydrogen) atoms. The minimum absolute atomic E-state index is 0.0675. The van der Waals surface area contributed by atoms with Crippen LogP contribution in [-0.4, -0.2) is 24.7 Å². The first kappa shape index (κ1) is 21.5. The van der Waals surface area contributed by atoms with E-state index in [1.165, 1.54) is 0 Å². The highest BCUT2D eigenvalue weighted by Gasteiger charge is 2.26. The molecule has 1 N–H and O–H groups in total. The number of amides is 1. The molecule has 0 fully saturated rings. The average Bonchev–Trinajstić information content (AvgIpc) is 3.21. The van der Waals surface area contributed by atoms with Crippen LogP contribution in [0.2, 0.25) is 0 Å². The number of aromatic nitrogens is 1. The smallest absolute Gasteiger partial charge is 0.228 e. The molecule has 0 spiro atoms. The number of hydrogen-bond acceptors (Lipinski definition) is 3. The molecule has 4 rings (SSSR count). The number of aryl methyl sites for hydroxylation is 1. The zero-order valence-corrected chi connectivity index (χ0v) is 18.8. The van der Waals surface area contributed by atoms with Crippen molar-refractivity contribution in [3.8, 4) is 11.5 Å². The summed E-state index contributed by atoms with van der Waals surface area (Å²) in [4.78, 5) is 13.4. The quantitative estimate of drug-likeness (QED) is 0.440. The molecule has 1 atom stereocenters. The van der Waals surface area contributed by atoms with E-state index in [4.69, 9.17) is 9.47 Å². The number of carbonyl (C=O) groups excluding carboxylic acids is 1. The van der Waals surface area contributed by atoms with Gasteiger partial charge in [0.2, 0.25) is 5.91 Å². The van der Waals surface area contributed by atoms with E-state index in [9.17, 15) is 4.79 Å². The first-order valence-electron chi connectivity index (χ1n) is 10.6. The van der Waals surface area contributed by atoms with Crippen molar-refractivity contribution in [3.05, 3.63) is 95.7 Å². The van der Waals surface area contributed by atoms with Gasteiger partial charge in [-0.05, 0) is 48.2 Å². The molecule has 5 nitrogen and oxygen atoms in total. The Bertz CT molecular complexity index is 1200. The zero-order chi connectivity index (χ0) is 22.7. The van der Waals surface area contributed by atoms with Gasteiger partial charge < -0.3 is 19.4 Å². The first-order valence-corrected chi connectivity index (χ1v) is 10.6. The van der Waals surface area contributed by atoms with Gasteiger partial charge in [-0.2, -0.15) is 0 Å². The third kappa shape index (κ3) is 4.06. The van der Waals surface area contributed by atoms with Crippen LogP contribution in [0.15, 0.2) is 79.0 Å². The van der Waals surface area contributed by atoms with Crippen LogP contribution in [0.5, 0.6) is 11.5 Å². The Morgan fingerprint density at radius 2 is 1.47 bits per heavy atom. The molecule has 0 aliphatic carbocycles. The number of ether oxygens (including phenoxy) is 2. The molecule has 0 aliphatic heterocycles. The number of para-hydroxylation sites is 2. The Kier molecular flexibility index (Phi) is 6.17. The molecule has 1 heterocycles. The summed E-state index contributed by atoms with van der Waals surface area (Å²) in [5, 5.41) is 4.37. The molecule has 164 valence electrons. The molecular weight excluding hydrogens is 400 g/mol. The highest BCUT2D eigenvalue weighted by molar-refractivity contribution is 5.87. The highest BCUT2D eigenvalue weighted by Crippen LogP contribution is 2.35. The molecule has 4 aromatic rings. The molecule has 0 saturated carbocycles. The Morgan fingerprint density at radius 1 is 0.875 bits per heavy atom. The lowest BCUT2D eigenvalue weighted by Gasteiger charge is -2.25. The van der Waals surface area contributed by atoms with Crippen molar-refractivity contribution in [2.75, 3.05) is 14.2 Å². The summed E-state index contributed by atoms with van der Waals surface area (Å²) in [5.41, 5.74) is 3.86. The standard InChI is InChI=1S/C27H28N2O3/c1-18(19-13-14-23-20(17-19)15-16-29(23)2)27(30)28-26(21-9-5-7-11-24(21)31-3)22-10-6-8-12-25(22)32-4/h5-18,26H,1-4H3,(H,28,30)/t18-/m1/s1. The number of nitrogens with zero attached hydrogens (tertiary/aromatic N) is 1. The minimum Gasteiger partial charge on any atom is -0.496 e. The zero-order valence-electron chi connectivity index (χ0n) is 18.8. The van der Waals surface area contributed by atoms with E-state index in [-0.39, 0.29) is 11.8 Å². The maximum Gasteiger partial charge on any atom is 0.228 e. The molecule has 1 aromatic heterocycles. The Balaban J connectivity index is 1.70. The van der Waals surface area contributed by atoms with Crippen molar-refractivity contribution >= 4 is 16.8 Å². The number of nitrogens with one attached hydrogen (secondary N) is 1. The summed E-state index contributed by atoms with van der Waals surface area (Å²) in [7, 11) is 5.29. The van der Waals surface area contributed by atoms with Crippen LogP contribution in [-0.2, 0) is 11.8 Å². The Morgan fingerprint density at radius 3 is 2.06 bits per heavy atom. The SMILES string of the molecule is COc1ccccc1C(NC(=O)[C@H](C)c1ccc2c(ccn2C)c1)c1ccccc1OC. The third-order valence-electron chi connectivity index (χ3n) is 5.99. The molecule has 0 saturated heterocycles. The van der Waals surface area contributed by atoms with Gasteiger partial charge in [-0.25, -0.2) is 0 Å². The van der Waals surface area contributed by atoms with Crippen molar-refractivity contribution in [3.63, 3.8) is 0 Å². The van der Waals surface area contributed by atoms with E-state index in [0.717, 1.165) is 27.6 Å². The first-order chi connectivity index (χ1) is 15.5. The summed E-state index contributed by atoms with van der Waals surface area (Å²) >= 11 is 0. The highest BCUT2D eigenvalue weighted by atomic mass is 16.5. The second-order valence-corrected chi connectivity index (χ2v) is 7.89. The average molecular weight is 429 g/mol. The number of methoxy groups -OCH3 is 2. The lowest BCUT2D eigenvalue weighted by Crippen LogP contribution is -2.33. The van der Waals surface area contributed by atoms with E-state index in [0.29, 0.717) is 11.5 Å². The molecule has 1 amide bonds. The summed E-state index contributed by atoms with van der Waals surface area (Å²) in [6.45, 7) is 1.93. The van der Waals surface area contributed by atoms with Crippen LogP contribution in [0.1, 0.15) is 35.6 Å². The fourth-order valence-corrected chi connectivity index (χ4v) is 4.12. The number of carbonyl (C=O) groups is 1. The van der Waals surface area contributed by atoms with Crippen molar-refractivity contribution in [2.24, 2.45) is 7.05 Å². The van der Waals surface area contributed by atoms with Crippen LogP contribution >= 0.6 is 0 Å². The van der Waals surface area contributed by atoms with Gasteiger partial charge >= 0.3 is 0 Å². The molecule has 0 radical (unpaired) electrons. The maximum absolute atomic E-state index is 13.4. The van der Waals surface area contributed by atoms with E-state index in [1.807, 2.05) is 74.8 Å². The summed E-state index contributed by atoms with van der Waals surface area (Å²) in [5.74, 6) is 1.03. The van der Waals surface area contributed by atoms with E-state index >= 15 is 0 Å². The fraction of sp³-hybridized carbons (Fsp3) is 0.222. The third-order valence-corrected chi connectivity index (χ3v) is 5.99. The lowest BCUT2D eigenvalue weighted by molar-refractivity contribution is -0.122. The van der Waals surface area contributed by atoms with E-state index < -0.39 is 6.04 Å². The predicted molar refractivity (Wildman–Crippen MR) is 127 cm³/mol. The molecule has 3 aromatic carbocycles. The van der Waals surface area contributed by atoms with Gasteiger partial charge in [0.1, 0.15) is 11.5 Å². The Hall–Kier alpha value is -3.73. The lowest BCUT2D eigenvalue weighted by atomic mass is 9.94. The molecule has 0 unspecified atom stereocenters. The second-order valence-electron chi connectivity index (χ2n) is 7.89. The summed E-state index contributed by atoms with van der Waals surface area (Å²) in [6, 6.07) is 23.3. The number of benzene rings is 3. The van der Waals surface area contributed by atoms with Gasteiger partial charge in [-0.3, -0.25) is 4.79 Å². The molecule has 0 bridgehead atoms. The van der Waals surface area contributed by atoms with Crippen LogP contribution in [0.25, 0.3) is 10.9 Å².